The van der Waals surface area contributed by atoms with E-state index in [9.17, 15) is 13.2 Å². The average Bonchev–Trinajstić information content (AvgIpc) is 3.06. The molecule has 1 aromatic heterocycles. The van der Waals surface area contributed by atoms with Crippen molar-refractivity contribution in [3.63, 3.8) is 0 Å². The number of ether oxygens (including phenoxy) is 2. The molecule has 0 fully saturated rings. The maximum Gasteiger partial charge on any atom is 0.453 e. The van der Waals surface area contributed by atoms with E-state index in [2.05, 4.69) is 15.3 Å². The van der Waals surface area contributed by atoms with Crippen LogP contribution in [0.1, 0.15) is 30.8 Å². The molecule has 1 aliphatic heterocycles. The topological polar surface area (TPSA) is 64.4 Å². The molecule has 0 amide bonds. The van der Waals surface area contributed by atoms with Crippen molar-refractivity contribution >= 4 is 18.4 Å². The van der Waals surface area contributed by atoms with E-state index in [0.717, 1.165) is 12.0 Å². The number of alkyl halides is 3. The molecule has 0 spiro atoms. The van der Waals surface area contributed by atoms with Crippen molar-refractivity contribution in [3.8, 4) is 11.5 Å². The van der Waals surface area contributed by atoms with Crippen LogP contribution >= 0.6 is 12.2 Å². The summed E-state index contributed by atoms with van der Waals surface area (Å²) in [5.74, 6) is -0.0340. The van der Waals surface area contributed by atoms with E-state index in [-0.39, 0.29) is 10.9 Å². The number of hydrogen-bond acceptors (Lipinski definition) is 5. The van der Waals surface area contributed by atoms with E-state index in [1.807, 2.05) is 19.9 Å². The lowest BCUT2D eigenvalue weighted by molar-refractivity contribution is -0.147. The van der Waals surface area contributed by atoms with E-state index >= 15 is 0 Å². The van der Waals surface area contributed by atoms with Crippen LogP contribution in [0.2, 0.25) is 0 Å². The normalized spacial score (nSPS) is 16.9. The molecule has 2 aromatic rings. The molecule has 3 rings (SSSR count). The summed E-state index contributed by atoms with van der Waals surface area (Å²) in [6.45, 7) is 4.17. The zero-order valence-electron chi connectivity index (χ0n) is 13.4. The SMILES string of the molecule is CCOc1cc2c(cc1/C=N\n1c(C(F)(F)F)n[nH]c1=S)O[C@@H](C)C2. The fraction of sp³-hybridized carbons (Fsp3) is 0.400. The number of rotatable bonds is 4. The summed E-state index contributed by atoms with van der Waals surface area (Å²) in [7, 11) is 0. The van der Waals surface area contributed by atoms with Gasteiger partial charge in [0.15, 0.2) is 0 Å². The molecule has 0 aliphatic carbocycles. The Morgan fingerprint density at radius 1 is 1.52 bits per heavy atom. The number of benzene rings is 1. The summed E-state index contributed by atoms with van der Waals surface area (Å²) in [5.41, 5.74) is 1.48. The van der Waals surface area contributed by atoms with Gasteiger partial charge in [-0.25, -0.2) is 5.10 Å². The van der Waals surface area contributed by atoms with Crippen molar-refractivity contribution in [2.24, 2.45) is 5.10 Å². The van der Waals surface area contributed by atoms with Crippen LogP contribution in [0.4, 0.5) is 13.2 Å². The van der Waals surface area contributed by atoms with Crippen molar-refractivity contribution in [1.82, 2.24) is 14.9 Å². The molecule has 1 aliphatic rings. The number of H-pyrrole nitrogens is 1. The minimum Gasteiger partial charge on any atom is -0.493 e. The predicted molar refractivity (Wildman–Crippen MR) is 86.8 cm³/mol. The smallest absolute Gasteiger partial charge is 0.453 e. The fourth-order valence-electron chi connectivity index (χ4n) is 2.54. The van der Waals surface area contributed by atoms with Crippen LogP contribution in [0.5, 0.6) is 11.5 Å². The van der Waals surface area contributed by atoms with Gasteiger partial charge in [0, 0.05) is 17.5 Å². The van der Waals surface area contributed by atoms with Gasteiger partial charge in [-0.2, -0.15) is 22.9 Å². The third-order valence-electron chi connectivity index (χ3n) is 3.54. The van der Waals surface area contributed by atoms with Gasteiger partial charge in [-0.05, 0) is 38.2 Å². The molecule has 1 aromatic carbocycles. The van der Waals surface area contributed by atoms with Crippen molar-refractivity contribution < 1.29 is 22.6 Å². The average molecular weight is 372 g/mol. The fourth-order valence-corrected chi connectivity index (χ4v) is 2.72. The number of nitrogens with zero attached hydrogens (tertiary/aromatic N) is 3. The molecule has 0 unspecified atom stereocenters. The number of aromatic nitrogens is 3. The highest BCUT2D eigenvalue weighted by atomic mass is 32.1. The molecule has 0 bridgehead atoms. The Bertz CT molecular complexity index is 873. The minimum absolute atomic E-state index is 0.0380. The van der Waals surface area contributed by atoms with Gasteiger partial charge in [0.05, 0.1) is 12.8 Å². The molecule has 134 valence electrons. The summed E-state index contributed by atoms with van der Waals surface area (Å²) >= 11 is 4.81. The molecule has 6 nitrogen and oxygen atoms in total. The number of hydrogen-bond donors (Lipinski definition) is 1. The lowest BCUT2D eigenvalue weighted by atomic mass is 10.1. The zero-order chi connectivity index (χ0) is 18.2. The van der Waals surface area contributed by atoms with Gasteiger partial charge >= 0.3 is 6.18 Å². The van der Waals surface area contributed by atoms with Crippen molar-refractivity contribution in [2.45, 2.75) is 32.5 Å². The number of fused-ring (bicyclic) bond motifs is 1. The Labute approximate surface area is 146 Å². The highest BCUT2D eigenvalue weighted by molar-refractivity contribution is 7.71. The highest BCUT2D eigenvalue weighted by Gasteiger charge is 2.37. The van der Waals surface area contributed by atoms with Gasteiger partial charge in [-0.1, -0.05) is 0 Å². The molecule has 1 atom stereocenters. The Morgan fingerprint density at radius 3 is 2.96 bits per heavy atom. The first-order chi connectivity index (χ1) is 11.8. The molecule has 25 heavy (non-hydrogen) atoms. The van der Waals surface area contributed by atoms with Gasteiger partial charge in [-0.3, -0.25) is 0 Å². The first-order valence-electron chi connectivity index (χ1n) is 7.55. The second kappa shape index (κ2) is 6.51. The second-order valence-electron chi connectivity index (χ2n) is 5.47. The first-order valence-corrected chi connectivity index (χ1v) is 7.95. The maximum atomic E-state index is 12.9. The van der Waals surface area contributed by atoms with Gasteiger partial charge < -0.3 is 9.47 Å². The summed E-state index contributed by atoms with van der Waals surface area (Å²) in [6.07, 6.45) is -2.64. The molecule has 2 heterocycles. The molecule has 0 saturated heterocycles. The lowest BCUT2D eigenvalue weighted by Gasteiger charge is -2.10. The molecule has 1 N–H and O–H groups in total. The third-order valence-corrected chi connectivity index (χ3v) is 3.81. The monoisotopic (exact) mass is 372 g/mol. The van der Waals surface area contributed by atoms with Gasteiger partial charge in [0.25, 0.3) is 5.82 Å². The third kappa shape index (κ3) is 3.53. The zero-order valence-corrected chi connectivity index (χ0v) is 14.2. The number of halogens is 3. The van der Waals surface area contributed by atoms with Gasteiger partial charge in [-0.15, -0.1) is 5.10 Å². The molecule has 0 radical (unpaired) electrons. The molecule has 10 heteroatoms. The minimum atomic E-state index is -4.68. The van der Waals surface area contributed by atoms with Crippen LogP contribution in [0.25, 0.3) is 0 Å². The lowest BCUT2D eigenvalue weighted by Crippen LogP contribution is -2.13. The van der Waals surface area contributed by atoms with Crippen LogP contribution in [-0.4, -0.2) is 33.8 Å². The molecule has 0 saturated carbocycles. The van der Waals surface area contributed by atoms with Crippen LogP contribution in [0.3, 0.4) is 0 Å². The Hall–Kier alpha value is -2.36. The van der Waals surface area contributed by atoms with Gasteiger partial charge in [0.2, 0.25) is 4.77 Å². The Morgan fingerprint density at radius 2 is 2.28 bits per heavy atom. The van der Waals surface area contributed by atoms with Crippen molar-refractivity contribution in [1.29, 1.82) is 0 Å². The molecular formula is C15H15F3N4O2S. The van der Waals surface area contributed by atoms with Crippen LogP contribution < -0.4 is 9.47 Å². The number of aromatic amines is 1. The van der Waals surface area contributed by atoms with Crippen LogP contribution in [0, 0.1) is 4.77 Å². The van der Waals surface area contributed by atoms with Crippen molar-refractivity contribution in [3.05, 3.63) is 33.9 Å². The van der Waals surface area contributed by atoms with Gasteiger partial charge in [0.1, 0.15) is 17.6 Å². The number of nitrogens with one attached hydrogen (secondary N) is 1. The van der Waals surface area contributed by atoms with E-state index in [0.29, 0.717) is 28.3 Å². The van der Waals surface area contributed by atoms with E-state index in [1.165, 1.54) is 6.21 Å². The van der Waals surface area contributed by atoms with Crippen LogP contribution in [-0.2, 0) is 12.6 Å². The standard InChI is InChI=1S/C15H15F3N4O2S/c1-3-23-11-5-9-4-8(2)24-12(9)6-10(11)7-19-22-13(15(16,17)18)20-21-14(22)25/h5-8H,3-4H2,1-2H3,(H,21,25)/b19-7-/t8-/m0/s1. The largest absolute Gasteiger partial charge is 0.493 e. The van der Waals surface area contributed by atoms with Crippen molar-refractivity contribution in [2.75, 3.05) is 6.61 Å². The summed E-state index contributed by atoms with van der Waals surface area (Å²) in [4.78, 5) is 0. The summed E-state index contributed by atoms with van der Waals surface area (Å²) in [6, 6.07) is 3.52. The van der Waals surface area contributed by atoms with E-state index < -0.39 is 12.0 Å². The second-order valence-corrected chi connectivity index (χ2v) is 5.86. The van der Waals surface area contributed by atoms with E-state index in [1.54, 1.807) is 6.07 Å². The quantitative estimate of drug-likeness (QED) is 0.658. The Balaban J connectivity index is 2.01. The summed E-state index contributed by atoms with van der Waals surface area (Å²) in [5, 5.41) is 9.10. The Kier molecular flexibility index (Phi) is 4.55. The highest BCUT2D eigenvalue weighted by Crippen LogP contribution is 2.34. The summed E-state index contributed by atoms with van der Waals surface area (Å²) < 4.78 is 50.3. The molecular weight excluding hydrogens is 357 g/mol. The first kappa shape index (κ1) is 17.5. The maximum absolute atomic E-state index is 12.9. The van der Waals surface area contributed by atoms with Crippen LogP contribution in [0.15, 0.2) is 17.2 Å². The predicted octanol–water partition coefficient (Wildman–Crippen LogP) is 3.56. The van der Waals surface area contributed by atoms with E-state index in [4.69, 9.17) is 21.7 Å².